The number of hydrogen-bond acceptors (Lipinski definition) is 3. The second-order valence-corrected chi connectivity index (χ2v) is 2.69. The van der Waals surface area contributed by atoms with Crippen LogP contribution in [0.4, 0.5) is 0 Å². The van der Waals surface area contributed by atoms with Gasteiger partial charge in [-0.15, -0.1) is 0 Å². The second kappa shape index (κ2) is 6.18. The van der Waals surface area contributed by atoms with Gasteiger partial charge in [0, 0.05) is 7.05 Å². The van der Waals surface area contributed by atoms with Gasteiger partial charge >= 0.3 is 0 Å². The zero-order valence-corrected chi connectivity index (χ0v) is 8.49. The van der Waals surface area contributed by atoms with Crippen molar-refractivity contribution in [1.82, 2.24) is 5.48 Å². The maximum absolute atomic E-state index is 5.10. The molecular formula is C11H15NO2. The molecule has 0 saturated heterocycles. The lowest BCUT2D eigenvalue weighted by Gasteiger charge is -2.00. The number of rotatable bonds is 5. The van der Waals surface area contributed by atoms with E-state index in [0.717, 1.165) is 11.3 Å². The molecule has 3 heteroatoms. The Kier molecular flexibility index (Phi) is 4.75. The number of methoxy groups -OCH3 is 1. The molecule has 1 aromatic rings. The van der Waals surface area contributed by atoms with Crippen LogP contribution in [-0.4, -0.2) is 20.8 Å². The Balaban J connectivity index is 2.53. The molecule has 1 N–H and O–H groups in total. The zero-order chi connectivity index (χ0) is 10.2. The Hall–Kier alpha value is -1.32. The summed E-state index contributed by atoms with van der Waals surface area (Å²) in [5.74, 6) is 0.863. The van der Waals surface area contributed by atoms with Crippen molar-refractivity contribution in [1.29, 1.82) is 0 Å². The third-order valence-corrected chi connectivity index (χ3v) is 1.73. The molecule has 1 rings (SSSR count). The summed E-state index contributed by atoms with van der Waals surface area (Å²) in [5.41, 5.74) is 3.70. The highest BCUT2D eigenvalue weighted by Crippen LogP contribution is 2.13. The van der Waals surface area contributed by atoms with Crippen molar-refractivity contribution in [2.45, 2.75) is 0 Å². The molecule has 0 unspecified atom stereocenters. The van der Waals surface area contributed by atoms with E-state index in [4.69, 9.17) is 9.57 Å². The summed E-state index contributed by atoms with van der Waals surface area (Å²) in [5, 5.41) is 0. The van der Waals surface area contributed by atoms with E-state index in [1.165, 1.54) is 0 Å². The standard InChI is InChI=1S/C11H15NO2/c1-12-14-8-4-6-10-5-3-7-11(9-10)13-2/h3-7,9,12H,8H2,1-2H3/b6-4+. The number of ether oxygens (including phenoxy) is 1. The van der Waals surface area contributed by atoms with Crippen LogP contribution in [0.5, 0.6) is 5.75 Å². The van der Waals surface area contributed by atoms with Crippen molar-refractivity contribution >= 4 is 6.08 Å². The van der Waals surface area contributed by atoms with E-state index in [2.05, 4.69) is 5.48 Å². The average molecular weight is 193 g/mol. The van der Waals surface area contributed by atoms with Gasteiger partial charge in [0.15, 0.2) is 0 Å². The van der Waals surface area contributed by atoms with E-state index < -0.39 is 0 Å². The number of benzene rings is 1. The van der Waals surface area contributed by atoms with Gasteiger partial charge in [-0.3, -0.25) is 4.84 Å². The van der Waals surface area contributed by atoms with Crippen LogP contribution in [0.25, 0.3) is 6.08 Å². The summed E-state index contributed by atoms with van der Waals surface area (Å²) < 4.78 is 5.10. The van der Waals surface area contributed by atoms with Gasteiger partial charge in [-0.25, -0.2) is 5.48 Å². The Morgan fingerprint density at radius 1 is 1.43 bits per heavy atom. The molecule has 0 amide bonds. The van der Waals surface area contributed by atoms with E-state index in [0.29, 0.717) is 6.61 Å². The SMILES string of the molecule is CNOC/C=C/c1cccc(OC)c1. The summed E-state index contributed by atoms with van der Waals surface area (Å²) in [7, 11) is 3.40. The van der Waals surface area contributed by atoms with E-state index in [-0.39, 0.29) is 0 Å². The minimum Gasteiger partial charge on any atom is -0.497 e. The van der Waals surface area contributed by atoms with Crippen molar-refractivity contribution in [2.75, 3.05) is 20.8 Å². The fourth-order valence-electron chi connectivity index (χ4n) is 1.06. The highest BCUT2D eigenvalue weighted by molar-refractivity contribution is 5.51. The van der Waals surface area contributed by atoms with Gasteiger partial charge in [0.25, 0.3) is 0 Å². The molecule has 0 atom stereocenters. The molecule has 0 saturated carbocycles. The fraction of sp³-hybridized carbons (Fsp3) is 0.273. The molecule has 1 aromatic carbocycles. The molecule has 0 aliphatic rings. The maximum atomic E-state index is 5.10. The zero-order valence-electron chi connectivity index (χ0n) is 8.49. The Labute approximate surface area is 84.3 Å². The van der Waals surface area contributed by atoms with Gasteiger partial charge in [0.1, 0.15) is 5.75 Å². The smallest absolute Gasteiger partial charge is 0.119 e. The van der Waals surface area contributed by atoms with Crippen molar-refractivity contribution in [3.8, 4) is 5.75 Å². The van der Waals surface area contributed by atoms with Gasteiger partial charge < -0.3 is 4.74 Å². The van der Waals surface area contributed by atoms with Crippen molar-refractivity contribution in [3.05, 3.63) is 35.9 Å². The first kappa shape index (κ1) is 10.8. The van der Waals surface area contributed by atoms with Crippen LogP contribution in [-0.2, 0) is 4.84 Å². The van der Waals surface area contributed by atoms with E-state index >= 15 is 0 Å². The lowest BCUT2D eigenvalue weighted by molar-refractivity contribution is 0.0814. The molecule has 14 heavy (non-hydrogen) atoms. The second-order valence-electron chi connectivity index (χ2n) is 2.69. The Bertz CT molecular complexity index is 297. The van der Waals surface area contributed by atoms with Crippen LogP contribution in [0.2, 0.25) is 0 Å². The fourth-order valence-corrected chi connectivity index (χ4v) is 1.06. The van der Waals surface area contributed by atoms with Crippen molar-refractivity contribution in [3.63, 3.8) is 0 Å². The third kappa shape index (κ3) is 3.60. The molecule has 0 aromatic heterocycles. The van der Waals surface area contributed by atoms with Gasteiger partial charge in [0.05, 0.1) is 13.7 Å². The Morgan fingerprint density at radius 2 is 2.29 bits per heavy atom. The summed E-state index contributed by atoms with van der Waals surface area (Å²) >= 11 is 0. The molecular weight excluding hydrogens is 178 g/mol. The van der Waals surface area contributed by atoms with Crippen LogP contribution in [0.15, 0.2) is 30.3 Å². The third-order valence-electron chi connectivity index (χ3n) is 1.73. The lowest BCUT2D eigenvalue weighted by atomic mass is 10.2. The largest absolute Gasteiger partial charge is 0.497 e. The normalized spacial score (nSPS) is 10.7. The molecule has 0 aliphatic carbocycles. The minimum absolute atomic E-state index is 0.549. The average Bonchev–Trinajstić information content (AvgIpc) is 2.25. The van der Waals surface area contributed by atoms with E-state index in [1.54, 1.807) is 14.2 Å². The summed E-state index contributed by atoms with van der Waals surface area (Å²) in [4.78, 5) is 4.94. The van der Waals surface area contributed by atoms with Crippen LogP contribution in [0.3, 0.4) is 0 Å². The van der Waals surface area contributed by atoms with Gasteiger partial charge in [0.2, 0.25) is 0 Å². The van der Waals surface area contributed by atoms with Crippen LogP contribution in [0.1, 0.15) is 5.56 Å². The van der Waals surface area contributed by atoms with Crippen LogP contribution < -0.4 is 10.2 Å². The molecule has 0 fully saturated rings. The van der Waals surface area contributed by atoms with Crippen LogP contribution in [0, 0.1) is 0 Å². The molecule has 0 bridgehead atoms. The predicted molar refractivity (Wildman–Crippen MR) is 57.0 cm³/mol. The molecule has 76 valence electrons. The van der Waals surface area contributed by atoms with Crippen molar-refractivity contribution < 1.29 is 9.57 Å². The first-order chi connectivity index (χ1) is 6.86. The molecule has 3 nitrogen and oxygen atoms in total. The van der Waals surface area contributed by atoms with Crippen LogP contribution >= 0.6 is 0 Å². The summed E-state index contributed by atoms with van der Waals surface area (Å²) in [6.07, 6.45) is 3.92. The summed E-state index contributed by atoms with van der Waals surface area (Å²) in [6.45, 7) is 0.549. The van der Waals surface area contributed by atoms with Gasteiger partial charge in [-0.1, -0.05) is 24.3 Å². The number of nitrogens with one attached hydrogen (secondary N) is 1. The Morgan fingerprint density at radius 3 is 3.00 bits per heavy atom. The highest BCUT2D eigenvalue weighted by Gasteiger charge is 1.90. The molecule has 0 heterocycles. The number of hydroxylamine groups is 1. The monoisotopic (exact) mass is 193 g/mol. The maximum Gasteiger partial charge on any atom is 0.119 e. The quantitative estimate of drug-likeness (QED) is 0.572. The molecule has 0 aliphatic heterocycles. The van der Waals surface area contributed by atoms with E-state index in [1.807, 2.05) is 36.4 Å². The molecule has 0 spiro atoms. The lowest BCUT2D eigenvalue weighted by Crippen LogP contribution is -2.06. The minimum atomic E-state index is 0.549. The number of hydrogen-bond donors (Lipinski definition) is 1. The van der Waals surface area contributed by atoms with Gasteiger partial charge in [-0.05, 0) is 17.7 Å². The predicted octanol–water partition coefficient (Wildman–Crippen LogP) is 1.86. The summed E-state index contributed by atoms with van der Waals surface area (Å²) in [6, 6.07) is 7.85. The van der Waals surface area contributed by atoms with Gasteiger partial charge in [-0.2, -0.15) is 0 Å². The highest BCUT2D eigenvalue weighted by atomic mass is 16.6. The van der Waals surface area contributed by atoms with Crippen molar-refractivity contribution in [2.24, 2.45) is 0 Å². The molecule has 0 radical (unpaired) electrons. The van der Waals surface area contributed by atoms with E-state index in [9.17, 15) is 0 Å². The first-order valence-corrected chi connectivity index (χ1v) is 4.46. The first-order valence-electron chi connectivity index (χ1n) is 4.46. The topological polar surface area (TPSA) is 30.5 Å².